The molecule has 0 aliphatic carbocycles. The van der Waals surface area contributed by atoms with Crippen molar-refractivity contribution in [2.75, 3.05) is 20.2 Å². The van der Waals surface area contributed by atoms with E-state index in [0.717, 1.165) is 11.0 Å². The summed E-state index contributed by atoms with van der Waals surface area (Å²) in [6.45, 7) is 14.6. The number of rotatable bonds is 5. The van der Waals surface area contributed by atoms with Crippen molar-refractivity contribution < 1.29 is 28.4 Å². The summed E-state index contributed by atoms with van der Waals surface area (Å²) in [6, 6.07) is 5.55. The first-order valence-corrected chi connectivity index (χ1v) is 11.5. The number of hydrogen-bond acceptors (Lipinski definition) is 6. The van der Waals surface area contributed by atoms with Crippen LogP contribution in [0.3, 0.4) is 0 Å². The zero-order valence-corrected chi connectivity index (χ0v) is 21.1. The molecule has 1 N–H and O–H groups in total. The molecule has 0 saturated carbocycles. The van der Waals surface area contributed by atoms with Gasteiger partial charge in [0.05, 0.1) is 24.7 Å². The average Bonchev–Trinajstić information content (AvgIpc) is 3.22. The van der Waals surface area contributed by atoms with Gasteiger partial charge in [-0.25, -0.2) is 4.79 Å². The van der Waals surface area contributed by atoms with Crippen molar-refractivity contribution in [3.63, 3.8) is 0 Å². The first-order valence-electron chi connectivity index (χ1n) is 11.5. The van der Waals surface area contributed by atoms with Crippen molar-refractivity contribution >= 4 is 24.6 Å². The van der Waals surface area contributed by atoms with Crippen LogP contribution >= 0.6 is 0 Å². The lowest BCUT2D eigenvalue weighted by molar-refractivity contribution is -0.121. The minimum Gasteiger partial charge on any atom is -0.496 e. The molecule has 9 heteroatoms. The fourth-order valence-corrected chi connectivity index (χ4v) is 3.86. The third-order valence-corrected chi connectivity index (χ3v) is 6.39. The van der Waals surface area contributed by atoms with Crippen LogP contribution in [0.15, 0.2) is 18.2 Å². The topological polar surface area (TPSA) is 86.3 Å². The fraction of sp³-hybridized carbons (Fsp3) is 0.667. The summed E-state index contributed by atoms with van der Waals surface area (Å²) in [5, 5.41) is 3.02. The third kappa shape index (κ3) is 6.01. The molecule has 8 nitrogen and oxygen atoms in total. The molecule has 0 spiro atoms. The molecule has 0 aromatic heterocycles. The summed E-state index contributed by atoms with van der Waals surface area (Å²) in [5.41, 5.74) is 0.215. The van der Waals surface area contributed by atoms with Crippen LogP contribution in [0.5, 0.6) is 5.75 Å². The lowest BCUT2D eigenvalue weighted by atomic mass is 9.78. The Balaban J connectivity index is 1.59. The molecular weight excluding hydrogens is 423 g/mol. The van der Waals surface area contributed by atoms with Gasteiger partial charge in [-0.1, -0.05) is 12.1 Å². The maximum Gasteiger partial charge on any atom is 0.494 e. The average molecular weight is 460 g/mol. The maximum absolute atomic E-state index is 12.7. The van der Waals surface area contributed by atoms with Crippen LogP contribution in [0.4, 0.5) is 4.79 Å². The maximum atomic E-state index is 12.7. The predicted molar refractivity (Wildman–Crippen MR) is 127 cm³/mol. The van der Waals surface area contributed by atoms with Crippen LogP contribution in [-0.2, 0) is 25.3 Å². The summed E-state index contributed by atoms with van der Waals surface area (Å²) in [4.78, 5) is 26.6. The number of likely N-dealkylation sites (tertiary alicyclic amines) is 1. The molecule has 3 rings (SSSR count). The molecule has 2 fully saturated rings. The Kier molecular flexibility index (Phi) is 7.06. The van der Waals surface area contributed by atoms with Gasteiger partial charge in [0.15, 0.2) is 0 Å². The van der Waals surface area contributed by atoms with E-state index >= 15 is 0 Å². The van der Waals surface area contributed by atoms with Gasteiger partial charge in [-0.05, 0) is 66.4 Å². The van der Waals surface area contributed by atoms with E-state index in [1.54, 1.807) is 12.0 Å². The van der Waals surface area contributed by atoms with Crippen molar-refractivity contribution in [1.82, 2.24) is 10.2 Å². The quantitative estimate of drug-likeness (QED) is 0.681. The Morgan fingerprint density at radius 2 is 1.82 bits per heavy atom. The molecule has 0 bridgehead atoms. The zero-order chi connectivity index (χ0) is 24.6. The summed E-state index contributed by atoms with van der Waals surface area (Å²) in [7, 11) is 1.09. The number of methoxy groups -OCH3 is 1. The predicted octanol–water partition coefficient (Wildman–Crippen LogP) is 2.66. The van der Waals surface area contributed by atoms with Crippen molar-refractivity contribution in [2.24, 2.45) is 0 Å². The van der Waals surface area contributed by atoms with Gasteiger partial charge in [-0.3, -0.25) is 4.79 Å². The van der Waals surface area contributed by atoms with Crippen LogP contribution in [-0.4, -0.2) is 67.1 Å². The summed E-state index contributed by atoms with van der Waals surface area (Å²) < 4.78 is 23.2. The largest absolute Gasteiger partial charge is 0.496 e. The molecule has 2 saturated heterocycles. The number of hydrogen-bond donors (Lipinski definition) is 1. The number of nitrogens with zero attached hydrogens (tertiary/aromatic N) is 1. The Hall–Kier alpha value is -2.26. The first kappa shape index (κ1) is 25.4. The van der Waals surface area contributed by atoms with Crippen LogP contribution < -0.4 is 15.5 Å². The van der Waals surface area contributed by atoms with E-state index in [2.05, 4.69) is 5.32 Å². The number of amides is 2. The molecule has 2 amide bonds. The Morgan fingerprint density at radius 3 is 2.39 bits per heavy atom. The van der Waals surface area contributed by atoms with Gasteiger partial charge in [-0.2, -0.15) is 0 Å². The van der Waals surface area contributed by atoms with E-state index < -0.39 is 23.9 Å². The molecule has 33 heavy (non-hydrogen) atoms. The Bertz CT molecular complexity index is 879. The minimum atomic E-state index is -0.540. The highest BCUT2D eigenvalue weighted by Gasteiger charge is 2.51. The molecule has 0 radical (unpaired) electrons. The SMILES string of the molecule is COc1cc(B2OC(C)(C)C(C)(C)O2)ccc1CC(=O)NC1CCN(C(=O)OC(C)(C)C)C1. The standard InChI is InChI=1S/C24H37BN2O6/c1-22(2,3)31-21(29)27-12-11-18(15-27)26-20(28)13-16-9-10-17(14-19(16)30-8)25-32-23(4,5)24(6,7)33-25/h9-10,14,18H,11-13,15H2,1-8H3,(H,26,28). The molecule has 2 heterocycles. The Labute approximate surface area is 197 Å². The van der Waals surface area contributed by atoms with Crippen LogP contribution in [0, 0.1) is 0 Å². The monoisotopic (exact) mass is 460 g/mol. The van der Waals surface area contributed by atoms with Crippen LogP contribution in [0.1, 0.15) is 60.5 Å². The smallest absolute Gasteiger partial charge is 0.494 e. The Morgan fingerprint density at radius 1 is 1.18 bits per heavy atom. The summed E-state index contributed by atoms with van der Waals surface area (Å²) in [6.07, 6.45) is 0.526. The molecule has 1 aromatic rings. The lowest BCUT2D eigenvalue weighted by Crippen LogP contribution is -2.41. The second-order valence-corrected chi connectivity index (χ2v) is 10.8. The lowest BCUT2D eigenvalue weighted by Gasteiger charge is -2.32. The van der Waals surface area contributed by atoms with E-state index in [0.29, 0.717) is 25.3 Å². The fourth-order valence-electron chi connectivity index (χ4n) is 3.86. The minimum absolute atomic E-state index is 0.0972. The van der Waals surface area contributed by atoms with Gasteiger partial charge < -0.3 is 29.0 Å². The second kappa shape index (κ2) is 9.18. The van der Waals surface area contributed by atoms with Gasteiger partial charge >= 0.3 is 13.2 Å². The molecule has 1 unspecified atom stereocenters. The van der Waals surface area contributed by atoms with Crippen molar-refractivity contribution in [3.05, 3.63) is 23.8 Å². The second-order valence-electron chi connectivity index (χ2n) is 10.8. The van der Waals surface area contributed by atoms with E-state index in [9.17, 15) is 9.59 Å². The number of carbonyl (C=O) groups excluding carboxylic acids is 2. The summed E-state index contributed by atoms with van der Waals surface area (Å²) in [5.74, 6) is 0.492. The third-order valence-electron chi connectivity index (χ3n) is 6.39. The van der Waals surface area contributed by atoms with E-state index in [1.807, 2.05) is 66.7 Å². The molecular formula is C24H37BN2O6. The molecule has 2 aliphatic rings. The van der Waals surface area contributed by atoms with Gasteiger partial charge in [-0.15, -0.1) is 0 Å². The number of carbonyl (C=O) groups is 2. The highest BCUT2D eigenvalue weighted by molar-refractivity contribution is 6.62. The highest BCUT2D eigenvalue weighted by atomic mass is 16.7. The van der Waals surface area contributed by atoms with Crippen molar-refractivity contribution in [1.29, 1.82) is 0 Å². The van der Waals surface area contributed by atoms with Crippen LogP contribution in [0.2, 0.25) is 0 Å². The molecule has 1 aromatic carbocycles. The van der Waals surface area contributed by atoms with Crippen molar-refractivity contribution in [2.45, 2.75) is 84.2 Å². The highest BCUT2D eigenvalue weighted by Crippen LogP contribution is 2.36. The number of benzene rings is 1. The van der Waals surface area contributed by atoms with E-state index in [1.165, 1.54) is 0 Å². The zero-order valence-electron chi connectivity index (χ0n) is 21.1. The van der Waals surface area contributed by atoms with E-state index in [-0.39, 0.29) is 24.5 Å². The van der Waals surface area contributed by atoms with Crippen LogP contribution in [0.25, 0.3) is 0 Å². The number of nitrogens with one attached hydrogen (secondary N) is 1. The molecule has 1 atom stereocenters. The van der Waals surface area contributed by atoms with Gasteiger partial charge in [0.2, 0.25) is 5.91 Å². The van der Waals surface area contributed by atoms with Gasteiger partial charge in [0, 0.05) is 24.7 Å². The number of ether oxygens (including phenoxy) is 2. The summed E-state index contributed by atoms with van der Waals surface area (Å²) >= 11 is 0. The first-order chi connectivity index (χ1) is 15.2. The van der Waals surface area contributed by atoms with Gasteiger partial charge in [0.25, 0.3) is 0 Å². The van der Waals surface area contributed by atoms with Gasteiger partial charge in [0.1, 0.15) is 11.4 Å². The van der Waals surface area contributed by atoms with Crippen molar-refractivity contribution in [3.8, 4) is 5.75 Å². The molecule has 182 valence electrons. The van der Waals surface area contributed by atoms with E-state index in [4.69, 9.17) is 18.8 Å². The molecule has 2 aliphatic heterocycles. The normalized spacial score (nSPS) is 21.8.